The molecule has 3 aromatic rings. The van der Waals surface area contributed by atoms with Crippen LogP contribution in [0.1, 0.15) is 49.4 Å². The van der Waals surface area contributed by atoms with Crippen LogP contribution in [0.15, 0.2) is 47.1 Å². The summed E-state index contributed by atoms with van der Waals surface area (Å²) in [6.07, 6.45) is 5.06. The van der Waals surface area contributed by atoms with Crippen LogP contribution in [0.25, 0.3) is 0 Å². The van der Waals surface area contributed by atoms with Gasteiger partial charge in [-0.2, -0.15) is 0 Å². The maximum Gasteiger partial charge on any atom is 0.168 e. The highest BCUT2D eigenvalue weighted by atomic mass is 16.5. The minimum Gasteiger partial charge on any atom is -0.496 e. The molecule has 8 heteroatoms. The zero-order valence-electron chi connectivity index (χ0n) is 18.5. The first kappa shape index (κ1) is 21.5. The first-order chi connectivity index (χ1) is 15.3. The van der Waals surface area contributed by atoms with Crippen LogP contribution in [-0.2, 0) is 13.1 Å². The number of hydrogen-bond acceptors (Lipinski definition) is 7. The molecule has 0 spiro atoms. The molecule has 1 aliphatic heterocycles. The molecule has 0 amide bonds. The summed E-state index contributed by atoms with van der Waals surface area (Å²) >= 11 is 0. The summed E-state index contributed by atoms with van der Waals surface area (Å²) in [5.74, 6) is 2.76. The SMILES string of the molecule is CCCCC(c1nnnn1Cc1ccco1)N1CCN(Cc2ccccc2OC)CC1. The van der Waals surface area contributed by atoms with Gasteiger partial charge in [0.25, 0.3) is 0 Å². The fourth-order valence-electron chi connectivity index (χ4n) is 4.29. The van der Waals surface area contributed by atoms with E-state index in [1.54, 1.807) is 13.4 Å². The van der Waals surface area contributed by atoms with Gasteiger partial charge in [0.2, 0.25) is 0 Å². The largest absolute Gasteiger partial charge is 0.496 e. The lowest BCUT2D eigenvalue weighted by Gasteiger charge is -2.39. The van der Waals surface area contributed by atoms with Gasteiger partial charge >= 0.3 is 0 Å². The van der Waals surface area contributed by atoms with Crippen molar-refractivity contribution in [3.8, 4) is 5.75 Å². The van der Waals surface area contributed by atoms with E-state index >= 15 is 0 Å². The fourth-order valence-corrected chi connectivity index (χ4v) is 4.29. The van der Waals surface area contributed by atoms with E-state index in [0.717, 1.165) is 69.3 Å². The number of hydrogen-bond donors (Lipinski definition) is 0. The van der Waals surface area contributed by atoms with Crippen molar-refractivity contribution in [1.29, 1.82) is 0 Å². The lowest BCUT2D eigenvalue weighted by Crippen LogP contribution is -2.47. The lowest BCUT2D eigenvalue weighted by molar-refractivity contribution is 0.0809. The highest BCUT2D eigenvalue weighted by Crippen LogP contribution is 2.27. The molecule has 31 heavy (non-hydrogen) atoms. The van der Waals surface area contributed by atoms with Gasteiger partial charge in [-0.15, -0.1) is 5.10 Å². The average Bonchev–Trinajstić information content (AvgIpc) is 3.48. The van der Waals surface area contributed by atoms with Gasteiger partial charge in [-0.1, -0.05) is 38.0 Å². The number of tetrazole rings is 1. The standard InChI is InChI=1S/C23H32N6O2/c1-3-4-10-21(23-24-25-26-29(23)18-20-9-7-16-31-20)28-14-12-27(13-15-28)17-19-8-5-6-11-22(19)30-2/h5-9,11,16,21H,3-4,10,12-15,17-18H2,1-2H3. The Kier molecular flexibility index (Phi) is 7.32. The summed E-state index contributed by atoms with van der Waals surface area (Å²) in [5, 5.41) is 12.7. The van der Waals surface area contributed by atoms with Crippen LogP contribution in [0.5, 0.6) is 5.75 Å². The molecule has 1 aromatic carbocycles. The molecule has 1 atom stereocenters. The quantitative estimate of drug-likeness (QED) is 0.494. The second-order valence-corrected chi connectivity index (χ2v) is 8.06. The Bertz CT molecular complexity index is 918. The van der Waals surface area contributed by atoms with Gasteiger partial charge in [-0.25, -0.2) is 4.68 Å². The first-order valence-electron chi connectivity index (χ1n) is 11.1. The molecule has 0 aliphatic carbocycles. The van der Waals surface area contributed by atoms with Crippen molar-refractivity contribution in [2.45, 2.75) is 45.3 Å². The normalized spacial score (nSPS) is 16.5. The van der Waals surface area contributed by atoms with E-state index in [0.29, 0.717) is 6.54 Å². The molecule has 1 saturated heterocycles. The smallest absolute Gasteiger partial charge is 0.168 e. The van der Waals surface area contributed by atoms with Crippen LogP contribution in [0.4, 0.5) is 0 Å². The third-order valence-corrected chi connectivity index (χ3v) is 6.01. The Balaban J connectivity index is 1.42. The van der Waals surface area contributed by atoms with Crippen LogP contribution in [0, 0.1) is 0 Å². The van der Waals surface area contributed by atoms with Crippen LogP contribution in [0.2, 0.25) is 0 Å². The zero-order chi connectivity index (χ0) is 21.5. The second-order valence-electron chi connectivity index (χ2n) is 8.06. The van der Waals surface area contributed by atoms with Gasteiger partial charge in [0.05, 0.1) is 19.4 Å². The fraction of sp³-hybridized carbons (Fsp3) is 0.522. The molecule has 4 rings (SSSR count). The van der Waals surface area contributed by atoms with Crippen molar-refractivity contribution in [1.82, 2.24) is 30.0 Å². The second kappa shape index (κ2) is 10.5. The molecular formula is C23H32N6O2. The Morgan fingerprint density at radius 3 is 2.65 bits per heavy atom. The predicted octanol–water partition coefficient (Wildman–Crippen LogP) is 3.37. The Labute approximate surface area is 183 Å². The van der Waals surface area contributed by atoms with E-state index in [4.69, 9.17) is 9.15 Å². The van der Waals surface area contributed by atoms with Gasteiger partial charge in [0, 0.05) is 38.3 Å². The van der Waals surface area contributed by atoms with Crippen molar-refractivity contribution in [3.05, 3.63) is 59.8 Å². The lowest BCUT2D eigenvalue weighted by atomic mass is 10.1. The molecule has 166 valence electrons. The highest BCUT2D eigenvalue weighted by Gasteiger charge is 2.29. The Morgan fingerprint density at radius 1 is 1.06 bits per heavy atom. The van der Waals surface area contributed by atoms with Crippen LogP contribution in [0.3, 0.4) is 0 Å². The molecule has 2 aromatic heterocycles. The minimum atomic E-state index is 0.221. The van der Waals surface area contributed by atoms with Gasteiger partial charge in [-0.3, -0.25) is 9.80 Å². The number of rotatable bonds is 10. The summed E-state index contributed by atoms with van der Waals surface area (Å²) in [6.45, 7) is 7.72. The third-order valence-electron chi connectivity index (χ3n) is 6.01. The van der Waals surface area contributed by atoms with Gasteiger partial charge in [0.1, 0.15) is 18.1 Å². The summed E-state index contributed by atoms with van der Waals surface area (Å²) < 4.78 is 12.9. The van der Waals surface area contributed by atoms with E-state index < -0.39 is 0 Å². The van der Waals surface area contributed by atoms with Crippen molar-refractivity contribution in [2.24, 2.45) is 0 Å². The molecule has 1 aliphatic rings. The van der Waals surface area contributed by atoms with Crippen LogP contribution in [-0.4, -0.2) is 63.3 Å². The van der Waals surface area contributed by atoms with E-state index in [-0.39, 0.29) is 6.04 Å². The van der Waals surface area contributed by atoms with E-state index in [1.807, 2.05) is 28.9 Å². The number of benzene rings is 1. The number of aromatic nitrogens is 4. The number of piperazine rings is 1. The maximum absolute atomic E-state index is 5.53. The molecule has 1 fully saturated rings. The molecular weight excluding hydrogens is 392 g/mol. The molecule has 0 N–H and O–H groups in total. The first-order valence-corrected chi connectivity index (χ1v) is 11.1. The van der Waals surface area contributed by atoms with Crippen LogP contribution >= 0.6 is 0 Å². The van der Waals surface area contributed by atoms with Crippen LogP contribution < -0.4 is 4.74 Å². The van der Waals surface area contributed by atoms with Crippen molar-refractivity contribution in [2.75, 3.05) is 33.3 Å². The molecule has 0 bridgehead atoms. The van der Waals surface area contributed by atoms with Gasteiger partial charge < -0.3 is 9.15 Å². The van der Waals surface area contributed by atoms with Crippen molar-refractivity contribution in [3.63, 3.8) is 0 Å². The maximum atomic E-state index is 5.53. The predicted molar refractivity (Wildman–Crippen MR) is 118 cm³/mol. The highest BCUT2D eigenvalue weighted by molar-refractivity contribution is 5.33. The van der Waals surface area contributed by atoms with E-state index in [9.17, 15) is 0 Å². The van der Waals surface area contributed by atoms with E-state index in [1.165, 1.54) is 5.56 Å². The Hall–Kier alpha value is -2.71. The van der Waals surface area contributed by atoms with Gasteiger partial charge in [0.15, 0.2) is 5.82 Å². The summed E-state index contributed by atoms with van der Waals surface area (Å²) in [5.41, 5.74) is 1.24. The summed E-state index contributed by atoms with van der Waals surface area (Å²) in [4.78, 5) is 5.04. The zero-order valence-corrected chi connectivity index (χ0v) is 18.5. The number of furan rings is 1. The van der Waals surface area contributed by atoms with Crippen molar-refractivity contribution < 1.29 is 9.15 Å². The van der Waals surface area contributed by atoms with E-state index in [2.05, 4.69) is 44.4 Å². The molecule has 3 heterocycles. The monoisotopic (exact) mass is 424 g/mol. The summed E-state index contributed by atoms with van der Waals surface area (Å²) in [6, 6.07) is 12.4. The molecule has 0 saturated carbocycles. The number of nitrogens with zero attached hydrogens (tertiary/aromatic N) is 6. The topological polar surface area (TPSA) is 72.5 Å². The number of para-hydroxylation sites is 1. The number of ether oxygens (including phenoxy) is 1. The minimum absolute atomic E-state index is 0.221. The molecule has 1 unspecified atom stereocenters. The number of unbranched alkanes of at least 4 members (excludes halogenated alkanes) is 1. The average molecular weight is 425 g/mol. The van der Waals surface area contributed by atoms with Crippen molar-refractivity contribution >= 4 is 0 Å². The van der Waals surface area contributed by atoms with Gasteiger partial charge in [-0.05, 0) is 35.0 Å². The molecule has 8 nitrogen and oxygen atoms in total. The number of methoxy groups -OCH3 is 1. The Morgan fingerprint density at radius 2 is 1.90 bits per heavy atom. The third kappa shape index (κ3) is 5.32. The summed E-state index contributed by atoms with van der Waals surface area (Å²) in [7, 11) is 1.74. The molecule has 0 radical (unpaired) electrons.